The van der Waals surface area contributed by atoms with Gasteiger partial charge in [-0.15, -0.1) is 0 Å². The van der Waals surface area contributed by atoms with E-state index in [-0.39, 0.29) is 17.4 Å². The van der Waals surface area contributed by atoms with Crippen LogP contribution in [0.15, 0.2) is 12.3 Å². The Hall–Kier alpha value is -1.65. The highest BCUT2D eigenvalue weighted by molar-refractivity contribution is 5.98. The van der Waals surface area contributed by atoms with E-state index in [1.165, 1.54) is 0 Å². The van der Waals surface area contributed by atoms with Crippen LogP contribution in [0.5, 0.6) is 0 Å². The van der Waals surface area contributed by atoms with Crippen molar-refractivity contribution in [1.29, 1.82) is 0 Å². The Morgan fingerprint density at radius 3 is 3.00 bits per heavy atom. The summed E-state index contributed by atoms with van der Waals surface area (Å²) in [5.41, 5.74) is 5.55. The minimum Gasteiger partial charge on any atom is -0.383 e. The minimum absolute atomic E-state index is 0.0279. The van der Waals surface area contributed by atoms with Crippen LogP contribution >= 0.6 is 0 Å². The number of nitrogens with one attached hydrogen (secondary N) is 1. The lowest BCUT2D eigenvalue weighted by atomic mass is 10.2. The fourth-order valence-corrected chi connectivity index (χ4v) is 1.04. The van der Waals surface area contributed by atoms with Crippen LogP contribution in [0.1, 0.15) is 30.6 Å². The molecular weight excluding hydrogens is 197 g/mol. The van der Waals surface area contributed by atoms with E-state index in [1.807, 2.05) is 13.8 Å². The smallest absolute Gasteiger partial charge is 0.255 e. The monoisotopic (exact) mass is 211 g/mol. The van der Waals surface area contributed by atoms with E-state index in [0.717, 1.165) is 18.7 Å². The van der Waals surface area contributed by atoms with Gasteiger partial charge in [-0.25, -0.2) is 9.37 Å². The van der Waals surface area contributed by atoms with Gasteiger partial charge in [0.1, 0.15) is 11.6 Å². The number of nitrogens with two attached hydrogens (primary N) is 1. The van der Waals surface area contributed by atoms with Crippen molar-refractivity contribution < 1.29 is 9.18 Å². The Morgan fingerprint density at radius 1 is 1.73 bits per heavy atom. The second kappa shape index (κ2) is 4.72. The van der Waals surface area contributed by atoms with Crippen LogP contribution in [0.2, 0.25) is 0 Å². The lowest BCUT2D eigenvalue weighted by Crippen LogP contribution is -2.32. The highest BCUT2D eigenvalue weighted by Gasteiger charge is 2.13. The number of nitrogens with zero attached hydrogens (tertiary/aromatic N) is 1. The van der Waals surface area contributed by atoms with Crippen molar-refractivity contribution in [3.05, 3.63) is 23.6 Å². The largest absolute Gasteiger partial charge is 0.383 e. The van der Waals surface area contributed by atoms with Crippen LogP contribution in [-0.4, -0.2) is 16.9 Å². The van der Waals surface area contributed by atoms with Gasteiger partial charge >= 0.3 is 0 Å². The van der Waals surface area contributed by atoms with Gasteiger partial charge in [-0.05, 0) is 19.4 Å². The number of rotatable bonds is 3. The molecule has 1 aromatic heterocycles. The van der Waals surface area contributed by atoms with Gasteiger partial charge in [-0.1, -0.05) is 6.92 Å². The molecule has 15 heavy (non-hydrogen) atoms. The molecule has 0 spiro atoms. The molecule has 82 valence electrons. The van der Waals surface area contributed by atoms with Crippen LogP contribution in [-0.2, 0) is 0 Å². The van der Waals surface area contributed by atoms with Crippen LogP contribution < -0.4 is 11.1 Å². The van der Waals surface area contributed by atoms with E-state index in [4.69, 9.17) is 5.73 Å². The number of carbonyl (C=O) groups excluding carboxylic acids is 1. The Kier molecular flexibility index (Phi) is 3.60. The van der Waals surface area contributed by atoms with Gasteiger partial charge in [0.15, 0.2) is 0 Å². The quantitative estimate of drug-likeness (QED) is 0.792. The van der Waals surface area contributed by atoms with Gasteiger partial charge in [-0.2, -0.15) is 0 Å². The van der Waals surface area contributed by atoms with E-state index in [9.17, 15) is 9.18 Å². The molecule has 0 bridgehead atoms. The fourth-order valence-electron chi connectivity index (χ4n) is 1.04. The molecule has 1 aromatic rings. The fraction of sp³-hybridized carbons (Fsp3) is 0.400. The summed E-state index contributed by atoms with van der Waals surface area (Å²) in [6.45, 7) is 3.80. The highest BCUT2D eigenvalue weighted by atomic mass is 19.1. The van der Waals surface area contributed by atoms with Gasteiger partial charge in [0, 0.05) is 6.04 Å². The maximum Gasteiger partial charge on any atom is 0.255 e. The molecule has 4 nitrogen and oxygen atoms in total. The molecular formula is C10H14FN3O. The first-order chi connectivity index (χ1) is 7.04. The van der Waals surface area contributed by atoms with Crippen LogP contribution in [0.4, 0.5) is 10.2 Å². The zero-order valence-corrected chi connectivity index (χ0v) is 8.75. The molecule has 3 N–H and O–H groups in total. The molecule has 0 radical (unpaired) electrons. The second-order valence-electron chi connectivity index (χ2n) is 3.37. The first kappa shape index (κ1) is 11.4. The van der Waals surface area contributed by atoms with Crippen molar-refractivity contribution in [2.24, 2.45) is 0 Å². The normalized spacial score (nSPS) is 12.2. The zero-order valence-electron chi connectivity index (χ0n) is 8.75. The summed E-state index contributed by atoms with van der Waals surface area (Å²) in [5, 5.41) is 2.69. The van der Waals surface area contributed by atoms with Crippen molar-refractivity contribution >= 4 is 11.7 Å². The SMILES string of the molecule is CCC(C)NC(=O)c1cc(F)cnc1N. The third-order valence-electron chi connectivity index (χ3n) is 2.12. The maximum atomic E-state index is 12.8. The maximum absolute atomic E-state index is 12.8. The van der Waals surface area contributed by atoms with E-state index in [2.05, 4.69) is 10.3 Å². The summed E-state index contributed by atoms with van der Waals surface area (Å²) in [6.07, 6.45) is 1.78. The summed E-state index contributed by atoms with van der Waals surface area (Å²) < 4.78 is 12.8. The number of anilines is 1. The molecule has 1 rings (SSSR count). The molecule has 0 aliphatic heterocycles. The number of pyridine rings is 1. The molecule has 1 heterocycles. The Morgan fingerprint density at radius 2 is 2.40 bits per heavy atom. The van der Waals surface area contributed by atoms with Crippen LogP contribution in [0.3, 0.4) is 0 Å². The number of aromatic nitrogens is 1. The average Bonchev–Trinajstić information content (AvgIpc) is 2.21. The number of amides is 1. The molecule has 0 aliphatic rings. The lowest BCUT2D eigenvalue weighted by Gasteiger charge is -2.11. The summed E-state index contributed by atoms with van der Waals surface area (Å²) >= 11 is 0. The first-order valence-corrected chi connectivity index (χ1v) is 4.76. The van der Waals surface area contributed by atoms with Crippen LogP contribution in [0.25, 0.3) is 0 Å². The van der Waals surface area contributed by atoms with E-state index in [0.29, 0.717) is 0 Å². The molecule has 1 amide bonds. The van der Waals surface area contributed by atoms with Crippen molar-refractivity contribution in [2.75, 3.05) is 5.73 Å². The number of halogens is 1. The predicted octanol–water partition coefficient (Wildman–Crippen LogP) is 1.33. The number of hydrogen-bond donors (Lipinski definition) is 2. The summed E-state index contributed by atoms with van der Waals surface area (Å²) in [6, 6.07) is 1.11. The molecule has 0 saturated heterocycles. The van der Waals surface area contributed by atoms with Crippen molar-refractivity contribution in [2.45, 2.75) is 26.3 Å². The highest BCUT2D eigenvalue weighted by Crippen LogP contribution is 2.10. The van der Waals surface area contributed by atoms with E-state index in [1.54, 1.807) is 0 Å². The molecule has 0 saturated carbocycles. The minimum atomic E-state index is -0.571. The third-order valence-corrected chi connectivity index (χ3v) is 2.12. The second-order valence-corrected chi connectivity index (χ2v) is 3.37. The van der Waals surface area contributed by atoms with Crippen molar-refractivity contribution in [3.8, 4) is 0 Å². The van der Waals surface area contributed by atoms with Crippen molar-refractivity contribution in [3.63, 3.8) is 0 Å². The third kappa shape index (κ3) is 2.90. The summed E-state index contributed by atoms with van der Waals surface area (Å²) in [4.78, 5) is 15.2. The molecule has 1 atom stereocenters. The first-order valence-electron chi connectivity index (χ1n) is 4.76. The van der Waals surface area contributed by atoms with Gasteiger partial charge < -0.3 is 11.1 Å². The van der Waals surface area contributed by atoms with Gasteiger partial charge in [0.05, 0.1) is 11.8 Å². The molecule has 0 aliphatic carbocycles. The zero-order chi connectivity index (χ0) is 11.4. The Bertz CT molecular complexity index is 368. The molecule has 0 aromatic carbocycles. The van der Waals surface area contributed by atoms with E-state index < -0.39 is 11.7 Å². The average molecular weight is 211 g/mol. The summed E-state index contributed by atoms with van der Waals surface area (Å²) in [7, 11) is 0. The van der Waals surface area contributed by atoms with Gasteiger partial charge in [0.25, 0.3) is 5.91 Å². The molecule has 5 heteroatoms. The van der Waals surface area contributed by atoms with Gasteiger partial charge in [0.2, 0.25) is 0 Å². The number of carbonyl (C=O) groups is 1. The standard InChI is InChI=1S/C10H14FN3O/c1-3-6(2)14-10(15)8-4-7(11)5-13-9(8)12/h4-6H,3H2,1-2H3,(H2,12,13)(H,14,15). The van der Waals surface area contributed by atoms with Crippen LogP contribution in [0, 0.1) is 5.82 Å². The Balaban J connectivity index is 2.86. The molecule has 1 unspecified atom stereocenters. The van der Waals surface area contributed by atoms with Crippen molar-refractivity contribution in [1.82, 2.24) is 10.3 Å². The Labute approximate surface area is 87.7 Å². The van der Waals surface area contributed by atoms with Gasteiger partial charge in [-0.3, -0.25) is 4.79 Å². The lowest BCUT2D eigenvalue weighted by molar-refractivity contribution is 0.0939. The molecule has 0 fully saturated rings. The number of hydrogen-bond acceptors (Lipinski definition) is 3. The number of nitrogen functional groups attached to an aromatic ring is 1. The van der Waals surface area contributed by atoms with E-state index >= 15 is 0 Å². The topological polar surface area (TPSA) is 68.0 Å². The predicted molar refractivity (Wildman–Crippen MR) is 55.8 cm³/mol. The summed E-state index contributed by atoms with van der Waals surface area (Å²) in [5.74, 6) is -0.926.